The molecule has 3 rings (SSSR count). The summed E-state index contributed by atoms with van der Waals surface area (Å²) in [4.78, 5) is 36.6. The van der Waals surface area contributed by atoms with E-state index < -0.39 is 6.04 Å². The van der Waals surface area contributed by atoms with Crippen molar-refractivity contribution in [2.75, 3.05) is 5.32 Å². The number of halogens is 1. The number of fused-ring (bicyclic) bond motifs is 1. The number of hydrogen-bond donors (Lipinski definition) is 3. The maximum absolute atomic E-state index is 12.3. The Kier molecular flexibility index (Phi) is 5.53. The van der Waals surface area contributed by atoms with Crippen LogP contribution in [0.15, 0.2) is 48.5 Å². The minimum absolute atomic E-state index is 0.120. The maximum atomic E-state index is 12.3. The van der Waals surface area contributed by atoms with Crippen LogP contribution in [0.5, 0.6) is 0 Å². The van der Waals surface area contributed by atoms with Gasteiger partial charge >= 0.3 is 0 Å². The van der Waals surface area contributed by atoms with E-state index >= 15 is 0 Å². The van der Waals surface area contributed by atoms with Gasteiger partial charge in [0.25, 0.3) is 5.91 Å². The van der Waals surface area contributed by atoms with Crippen LogP contribution in [-0.2, 0) is 16.1 Å². The van der Waals surface area contributed by atoms with Gasteiger partial charge in [0.2, 0.25) is 11.8 Å². The molecule has 2 aromatic carbocycles. The highest BCUT2D eigenvalue weighted by Gasteiger charge is 2.27. The Hall–Kier alpha value is -2.86. The van der Waals surface area contributed by atoms with Crippen LogP contribution < -0.4 is 16.0 Å². The van der Waals surface area contributed by atoms with Gasteiger partial charge < -0.3 is 16.0 Å². The Morgan fingerprint density at radius 2 is 1.92 bits per heavy atom. The zero-order valence-electron chi connectivity index (χ0n) is 13.9. The van der Waals surface area contributed by atoms with E-state index in [1.165, 1.54) is 0 Å². The number of nitrogens with one attached hydrogen (secondary N) is 3. The summed E-state index contributed by atoms with van der Waals surface area (Å²) in [7, 11) is 0. The van der Waals surface area contributed by atoms with Gasteiger partial charge in [-0.1, -0.05) is 35.9 Å². The molecule has 0 aliphatic carbocycles. The molecule has 0 fully saturated rings. The van der Waals surface area contributed by atoms with E-state index in [2.05, 4.69) is 16.0 Å². The molecule has 26 heavy (non-hydrogen) atoms. The van der Waals surface area contributed by atoms with Crippen molar-refractivity contribution < 1.29 is 14.4 Å². The van der Waals surface area contributed by atoms with Crippen LogP contribution in [0.3, 0.4) is 0 Å². The molecule has 2 aromatic rings. The van der Waals surface area contributed by atoms with Crippen LogP contribution in [0.4, 0.5) is 5.69 Å². The summed E-state index contributed by atoms with van der Waals surface area (Å²) in [5.41, 5.74) is 1.78. The molecule has 0 radical (unpaired) electrons. The number of amides is 3. The summed E-state index contributed by atoms with van der Waals surface area (Å²) in [5.74, 6) is -0.858. The predicted octanol–water partition coefficient (Wildman–Crippen LogP) is 2.49. The van der Waals surface area contributed by atoms with Crippen molar-refractivity contribution in [3.05, 3.63) is 64.7 Å². The highest BCUT2D eigenvalue weighted by Crippen LogP contribution is 2.19. The molecule has 0 saturated carbocycles. The van der Waals surface area contributed by atoms with Crippen LogP contribution in [0.25, 0.3) is 0 Å². The van der Waals surface area contributed by atoms with Gasteiger partial charge in [-0.3, -0.25) is 14.4 Å². The number of rotatable bonds is 5. The first-order valence-corrected chi connectivity index (χ1v) is 8.62. The first-order chi connectivity index (χ1) is 12.5. The third-order valence-corrected chi connectivity index (χ3v) is 4.33. The van der Waals surface area contributed by atoms with Gasteiger partial charge in [-0.15, -0.1) is 0 Å². The third kappa shape index (κ3) is 4.40. The van der Waals surface area contributed by atoms with E-state index in [0.717, 1.165) is 5.56 Å². The molecule has 3 N–H and O–H groups in total. The first kappa shape index (κ1) is 17.9. The molecule has 134 valence electrons. The molecule has 1 aliphatic heterocycles. The molecule has 0 aromatic heterocycles. The molecule has 0 saturated heterocycles. The summed E-state index contributed by atoms with van der Waals surface area (Å²) in [6.45, 7) is 0.355. The summed E-state index contributed by atoms with van der Waals surface area (Å²) >= 11 is 5.91. The van der Waals surface area contributed by atoms with E-state index in [-0.39, 0.29) is 30.6 Å². The Labute approximate surface area is 155 Å². The van der Waals surface area contributed by atoms with Gasteiger partial charge in [-0.05, 0) is 36.2 Å². The molecule has 0 unspecified atom stereocenters. The Bertz CT molecular complexity index is 853. The Morgan fingerprint density at radius 3 is 2.73 bits per heavy atom. The predicted molar refractivity (Wildman–Crippen MR) is 98.9 cm³/mol. The first-order valence-electron chi connectivity index (χ1n) is 8.25. The van der Waals surface area contributed by atoms with Crippen LogP contribution >= 0.6 is 11.6 Å². The van der Waals surface area contributed by atoms with E-state index in [4.69, 9.17) is 11.6 Å². The molecule has 6 nitrogen and oxygen atoms in total. The standard InChI is InChI=1S/C19H18ClN3O3/c20-13-5-3-4-12(10-13)11-21-17(24)9-8-16-19(26)22-15-7-2-1-6-14(15)18(25)23-16/h1-7,10,16H,8-9,11H2,(H,21,24)(H,22,26)(H,23,25)/t16-/m1/s1. The zero-order chi connectivity index (χ0) is 18.5. The van der Waals surface area contributed by atoms with Crippen molar-refractivity contribution in [3.8, 4) is 0 Å². The summed E-state index contributed by atoms with van der Waals surface area (Å²) < 4.78 is 0. The SMILES string of the molecule is O=C(CC[C@H]1NC(=O)c2ccccc2NC1=O)NCc1cccc(Cl)c1. The number of anilines is 1. The second-order valence-corrected chi connectivity index (χ2v) is 6.44. The van der Waals surface area contributed by atoms with Gasteiger partial charge in [0.05, 0.1) is 11.3 Å². The van der Waals surface area contributed by atoms with Crippen molar-refractivity contribution in [3.63, 3.8) is 0 Å². The molecule has 0 spiro atoms. The topological polar surface area (TPSA) is 87.3 Å². The number of benzene rings is 2. The molecule has 3 amide bonds. The molecule has 1 atom stereocenters. The van der Waals surface area contributed by atoms with Gasteiger partial charge in [0.1, 0.15) is 6.04 Å². The minimum Gasteiger partial charge on any atom is -0.352 e. The van der Waals surface area contributed by atoms with Crippen LogP contribution in [0, 0.1) is 0 Å². The largest absolute Gasteiger partial charge is 0.352 e. The average Bonchev–Trinajstić information content (AvgIpc) is 2.75. The second kappa shape index (κ2) is 8.01. The van der Waals surface area contributed by atoms with Crippen molar-refractivity contribution in [2.45, 2.75) is 25.4 Å². The number of hydrogen-bond acceptors (Lipinski definition) is 3. The van der Waals surface area contributed by atoms with Crippen molar-refractivity contribution >= 4 is 35.0 Å². The van der Waals surface area contributed by atoms with Crippen molar-refractivity contribution in [1.82, 2.24) is 10.6 Å². The number of carbonyl (C=O) groups is 3. The van der Waals surface area contributed by atoms with Crippen LogP contribution in [-0.4, -0.2) is 23.8 Å². The van der Waals surface area contributed by atoms with Gasteiger partial charge in [-0.25, -0.2) is 0 Å². The minimum atomic E-state index is -0.758. The third-order valence-electron chi connectivity index (χ3n) is 4.09. The summed E-state index contributed by atoms with van der Waals surface area (Å²) in [6, 6.07) is 13.2. The zero-order valence-corrected chi connectivity index (χ0v) is 14.7. The van der Waals surface area contributed by atoms with Crippen molar-refractivity contribution in [1.29, 1.82) is 0 Å². The normalized spacial score (nSPS) is 16.1. The van der Waals surface area contributed by atoms with E-state index in [1.807, 2.05) is 12.1 Å². The molecular formula is C19H18ClN3O3. The average molecular weight is 372 g/mol. The van der Waals surface area contributed by atoms with E-state index in [1.54, 1.807) is 36.4 Å². The van der Waals surface area contributed by atoms with Crippen molar-refractivity contribution in [2.24, 2.45) is 0 Å². The second-order valence-electron chi connectivity index (χ2n) is 6.01. The Balaban J connectivity index is 1.53. The number of carbonyl (C=O) groups excluding carboxylic acids is 3. The highest BCUT2D eigenvalue weighted by atomic mass is 35.5. The van der Waals surface area contributed by atoms with E-state index in [9.17, 15) is 14.4 Å². The molecule has 0 bridgehead atoms. The smallest absolute Gasteiger partial charge is 0.254 e. The molecule has 1 aliphatic rings. The lowest BCUT2D eigenvalue weighted by Gasteiger charge is -2.14. The van der Waals surface area contributed by atoms with E-state index in [0.29, 0.717) is 22.8 Å². The monoisotopic (exact) mass is 371 g/mol. The lowest BCUT2D eigenvalue weighted by Crippen LogP contribution is -2.42. The Morgan fingerprint density at radius 1 is 1.12 bits per heavy atom. The quantitative estimate of drug-likeness (QED) is 0.754. The van der Waals surface area contributed by atoms with Gasteiger partial charge in [-0.2, -0.15) is 0 Å². The lowest BCUT2D eigenvalue weighted by molar-refractivity contribution is -0.122. The van der Waals surface area contributed by atoms with Gasteiger partial charge in [0.15, 0.2) is 0 Å². The highest BCUT2D eigenvalue weighted by molar-refractivity contribution is 6.30. The fourth-order valence-electron chi connectivity index (χ4n) is 2.73. The lowest BCUT2D eigenvalue weighted by atomic mass is 10.1. The fourth-order valence-corrected chi connectivity index (χ4v) is 2.94. The molecular weight excluding hydrogens is 354 g/mol. The fraction of sp³-hybridized carbons (Fsp3) is 0.211. The number of para-hydroxylation sites is 1. The summed E-state index contributed by atoms with van der Waals surface area (Å²) in [5, 5.41) is 8.78. The summed E-state index contributed by atoms with van der Waals surface area (Å²) in [6.07, 6.45) is 0.336. The van der Waals surface area contributed by atoms with Gasteiger partial charge in [0, 0.05) is 18.0 Å². The maximum Gasteiger partial charge on any atom is 0.254 e. The molecule has 7 heteroatoms. The molecule has 1 heterocycles. The van der Waals surface area contributed by atoms with Crippen LogP contribution in [0.1, 0.15) is 28.8 Å². The van der Waals surface area contributed by atoms with Crippen LogP contribution in [0.2, 0.25) is 5.02 Å².